The molecule has 1 aromatic carbocycles. The zero-order chi connectivity index (χ0) is 19.9. The van der Waals surface area contributed by atoms with E-state index in [1.165, 1.54) is 18.5 Å². The van der Waals surface area contributed by atoms with Gasteiger partial charge in [0.1, 0.15) is 17.9 Å². The van der Waals surface area contributed by atoms with E-state index in [0.29, 0.717) is 17.2 Å². The predicted molar refractivity (Wildman–Crippen MR) is 115 cm³/mol. The van der Waals surface area contributed by atoms with Crippen molar-refractivity contribution in [3.63, 3.8) is 0 Å². The van der Waals surface area contributed by atoms with E-state index in [9.17, 15) is 0 Å². The van der Waals surface area contributed by atoms with Crippen LogP contribution in [0.3, 0.4) is 0 Å². The topological polar surface area (TPSA) is 101 Å². The number of ether oxygens (including phenoxy) is 1. The lowest BCUT2D eigenvalue weighted by atomic mass is 10.1. The summed E-state index contributed by atoms with van der Waals surface area (Å²) in [6, 6.07) is 9.99. The molecule has 1 atom stereocenters. The fourth-order valence-electron chi connectivity index (χ4n) is 4.02. The average Bonchev–Trinajstić information content (AvgIpc) is 3.27. The number of nitrogens with zero attached hydrogens (tertiary/aromatic N) is 4. The highest BCUT2D eigenvalue weighted by molar-refractivity contribution is 5.90. The SMILES string of the molecule is c1nc(Nc2ccc3n[nH]c(CC4CC4)c3c2)c2nc(O[C@H]3CCNC3)ccc2n1. The molecule has 0 bridgehead atoms. The van der Waals surface area contributed by atoms with Crippen molar-refractivity contribution in [2.24, 2.45) is 5.92 Å². The maximum atomic E-state index is 6.03. The Morgan fingerprint density at radius 2 is 2.00 bits per heavy atom. The van der Waals surface area contributed by atoms with E-state index in [1.807, 2.05) is 24.3 Å². The summed E-state index contributed by atoms with van der Waals surface area (Å²) in [5.74, 6) is 2.07. The van der Waals surface area contributed by atoms with Gasteiger partial charge in [-0.2, -0.15) is 5.10 Å². The number of rotatable bonds is 6. The predicted octanol–water partition coefficient (Wildman–Crippen LogP) is 3.34. The number of aromatic nitrogens is 5. The van der Waals surface area contributed by atoms with Crippen LogP contribution >= 0.6 is 0 Å². The molecule has 4 heterocycles. The molecule has 1 aliphatic heterocycles. The summed E-state index contributed by atoms with van der Waals surface area (Å²) in [5.41, 5.74) is 4.63. The van der Waals surface area contributed by atoms with E-state index in [1.54, 1.807) is 6.33 Å². The quantitative estimate of drug-likeness (QED) is 0.455. The van der Waals surface area contributed by atoms with E-state index in [2.05, 4.69) is 36.9 Å². The van der Waals surface area contributed by atoms with Gasteiger partial charge >= 0.3 is 0 Å². The molecule has 8 nitrogen and oxygen atoms in total. The molecule has 1 saturated carbocycles. The van der Waals surface area contributed by atoms with E-state index in [-0.39, 0.29) is 6.10 Å². The van der Waals surface area contributed by atoms with Crippen molar-refractivity contribution in [1.29, 1.82) is 0 Å². The van der Waals surface area contributed by atoms with E-state index in [0.717, 1.165) is 54.0 Å². The first-order chi connectivity index (χ1) is 14.8. The van der Waals surface area contributed by atoms with Crippen LogP contribution in [-0.4, -0.2) is 44.3 Å². The van der Waals surface area contributed by atoms with Crippen LogP contribution < -0.4 is 15.4 Å². The lowest BCUT2D eigenvalue weighted by Crippen LogP contribution is -2.20. The van der Waals surface area contributed by atoms with Gasteiger partial charge < -0.3 is 15.4 Å². The maximum absolute atomic E-state index is 6.03. The van der Waals surface area contributed by atoms with Gasteiger partial charge in [-0.1, -0.05) is 0 Å². The van der Waals surface area contributed by atoms with Crippen LogP contribution in [0.4, 0.5) is 11.5 Å². The van der Waals surface area contributed by atoms with Gasteiger partial charge in [0.25, 0.3) is 0 Å². The highest BCUT2D eigenvalue weighted by atomic mass is 16.5. The van der Waals surface area contributed by atoms with Gasteiger partial charge in [0.05, 0.1) is 11.0 Å². The lowest BCUT2D eigenvalue weighted by Gasteiger charge is -2.13. The van der Waals surface area contributed by atoms with Gasteiger partial charge in [0, 0.05) is 29.4 Å². The third-order valence-electron chi connectivity index (χ3n) is 5.84. The minimum atomic E-state index is 0.157. The minimum Gasteiger partial charge on any atom is -0.473 e. The van der Waals surface area contributed by atoms with Gasteiger partial charge in [-0.15, -0.1) is 0 Å². The Bertz CT molecular complexity index is 1210. The van der Waals surface area contributed by atoms with Gasteiger partial charge in [-0.25, -0.2) is 15.0 Å². The third kappa shape index (κ3) is 3.43. The molecule has 3 N–H and O–H groups in total. The second-order valence-corrected chi connectivity index (χ2v) is 8.18. The molecule has 30 heavy (non-hydrogen) atoms. The molecule has 4 aromatic rings. The van der Waals surface area contributed by atoms with Crippen LogP contribution in [0.15, 0.2) is 36.7 Å². The van der Waals surface area contributed by atoms with E-state index >= 15 is 0 Å². The first-order valence-corrected chi connectivity index (χ1v) is 10.5. The normalized spacial score (nSPS) is 18.9. The Morgan fingerprint density at radius 3 is 2.87 bits per heavy atom. The standard InChI is InChI=1S/C22H23N7O/c1-2-13(1)9-19-16-10-14(3-4-17(16)28-29-19)26-22-21-18(24-12-25-22)5-6-20(27-21)30-15-7-8-23-11-15/h3-6,10,12-13,15,23H,1-2,7-9,11H2,(H,28,29)(H,24,25,26)/t15-/m0/s1. The van der Waals surface area contributed by atoms with Crippen LogP contribution in [0.1, 0.15) is 25.0 Å². The Morgan fingerprint density at radius 1 is 1.07 bits per heavy atom. The summed E-state index contributed by atoms with van der Waals surface area (Å²) in [5, 5.41) is 15.6. The van der Waals surface area contributed by atoms with Crippen LogP contribution in [0.25, 0.3) is 21.9 Å². The number of benzene rings is 1. The Hall–Kier alpha value is -3.26. The highest BCUT2D eigenvalue weighted by Gasteiger charge is 2.23. The number of anilines is 2. The molecule has 0 spiro atoms. The molecular formula is C22H23N7O. The summed E-state index contributed by atoms with van der Waals surface area (Å²) < 4.78 is 6.03. The van der Waals surface area contributed by atoms with Crippen molar-refractivity contribution < 1.29 is 4.74 Å². The fourth-order valence-corrected chi connectivity index (χ4v) is 4.02. The smallest absolute Gasteiger partial charge is 0.214 e. The van der Waals surface area contributed by atoms with Gasteiger partial charge in [0.15, 0.2) is 5.82 Å². The number of fused-ring (bicyclic) bond motifs is 2. The van der Waals surface area contributed by atoms with Crippen molar-refractivity contribution in [1.82, 2.24) is 30.5 Å². The maximum Gasteiger partial charge on any atom is 0.214 e. The van der Waals surface area contributed by atoms with Crippen LogP contribution in [0.5, 0.6) is 5.88 Å². The molecule has 8 heteroatoms. The van der Waals surface area contributed by atoms with Crippen LogP contribution in [0.2, 0.25) is 0 Å². The molecule has 6 rings (SSSR count). The van der Waals surface area contributed by atoms with Crippen LogP contribution in [0, 0.1) is 5.92 Å². The Kier molecular flexibility index (Phi) is 4.23. The molecule has 152 valence electrons. The molecule has 2 fully saturated rings. The molecular weight excluding hydrogens is 378 g/mol. The fraction of sp³-hybridized carbons (Fsp3) is 0.364. The number of H-pyrrole nitrogens is 1. The molecule has 0 unspecified atom stereocenters. The number of aromatic amines is 1. The largest absolute Gasteiger partial charge is 0.473 e. The van der Waals surface area contributed by atoms with Crippen LogP contribution in [-0.2, 0) is 6.42 Å². The first-order valence-electron chi connectivity index (χ1n) is 10.5. The van der Waals surface area contributed by atoms with Gasteiger partial charge in [0.2, 0.25) is 5.88 Å². The summed E-state index contributed by atoms with van der Waals surface area (Å²) in [4.78, 5) is 13.5. The molecule has 0 radical (unpaired) electrons. The van der Waals surface area contributed by atoms with E-state index < -0.39 is 0 Å². The van der Waals surface area contributed by atoms with Crippen molar-refractivity contribution in [2.75, 3.05) is 18.4 Å². The van der Waals surface area contributed by atoms with Crippen molar-refractivity contribution in [3.8, 4) is 5.88 Å². The first kappa shape index (κ1) is 17.6. The second kappa shape index (κ2) is 7.21. The molecule has 1 saturated heterocycles. The molecule has 0 amide bonds. The minimum absolute atomic E-state index is 0.157. The number of hydrogen-bond acceptors (Lipinski definition) is 7. The second-order valence-electron chi connectivity index (χ2n) is 8.18. The lowest BCUT2D eigenvalue weighted by molar-refractivity contribution is 0.215. The highest BCUT2D eigenvalue weighted by Crippen LogP contribution is 2.34. The number of pyridine rings is 1. The zero-order valence-corrected chi connectivity index (χ0v) is 16.6. The van der Waals surface area contributed by atoms with Crippen molar-refractivity contribution >= 4 is 33.4 Å². The third-order valence-corrected chi connectivity index (χ3v) is 5.84. The number of hydrogen-bond donors (Lipinski definition) is 3. The van der Waals surface area contributed by atoms with Crippen molar-refractivity contribution in [3.05, 3.63) is 42.4 Å². The van der Waals surface area contributed by atoms with Gasteiger partial charge in [-0.3, -0.25) is 5.10 Å². The molecule has 3 aromatic heterocycles. The zero-order valence-electron chi connectivity index (χ0n) is 16.6. The average molecular weight is 401 g/mol. The monoisotopic (exact) mass is 401 g/mol. The Balaban J connectivity index is 1.32. The summed E-state index contributed by atoms with van der Waals surface area (Å²) in [6.45, 7) is 1.83. The summed E-state index contributed by atoms with van der Waals surface area (Å²) in [7, 11) is 0. The molecule has 2 aliphatic rings. The van der Waals surface area contributed by atoms with E-state index in [4.69, 9.17) is 9.72 Å². The summed E-state index contributed by atoms with van der Waals surface area (Å²) >= 11 is 0. The number of nitrogens with one attached hydrogen (secondary N) is 3. The molecule has 1 aliphatic carbocycles. The van der Waals surface area contributed by atoms with Crippen molar-refractivity contribution in [2.45, 2.75) is 31.8 Å². The summed E-state index contributed by atoms with van der Waals surface area (Å²) in [6.07, 6.45) is 6.40. The van der Waals surface area contributed by atoms with Gasteiger partial charge in [-0.05, 0) is 62.4 Å². The Labute approximate surface area is 173 Å².